The van der Waals surface area contributed by atoms with Crippen LogP contribution in [-0.4, -0.2) is 35.1 Å². The summed E-state index contributed by atoms with van der Waals surface area (Å²) in [6.07, 6.45) is 7.35. The number of anilines is 1. The predicted molar refractivity (Wildman–Crippen MR) is 67.2 cm³/mol. The van der Waals surface area contributed by atoms with Gasteiger partial charge in [-0.3, -0.25) is 4.98 Å². The van der Waals surface area contributed by atoms with E-state index >= 15 is 0 Å². The van der Waals surface area contributed by atoms with E-state index in [1.54, 1.807) is 6.20 Å². The minimum atomic E-state index is -0.487. The highest BCUT2D eigenvalue weighted by Gasteiger charge is 2.32. The van der Waals surface area contributed by atoms with Gasteiger partial charge in [-0.25, -0.2) is 9.78 Å². The number of carbonyl (C=O) groups is 1. The molecule has 0 atom stereocenters. The fraction of sp³-hybridized carbons (Fsp3) is 0.583. The first-order valence-electron chi connectivity index (χ1n) is 6.08. The molecule has 1 aliphatic carbocycles. The zero-order chi connectivity index (χ0) is 13.0. The predicted octanol–water partition coefficient (Wildman–Crippen LogP) is 0.947. The van der Waals surface area contributed by atoms with Gasteiger partial charge < -0.3 is 15.8 Å². The molecule has 6 heteroatoms. The van der Waals surface area contributed by atoms with Gasteiger partial charge in [0.1, 0.15) is 5.82 Å². The Hall–Kier alpha value is -1.69. The Bertz CT molecular complexity index is 430. The minimum Gasteiger partial charge on any atom is -0.464 e. The molecule has 0 bridgehead atoms. The summed E-state index contributed by atoms with van der Waals surface area (Å²) in [5.74, 6) is 0.0876. The average molecular weight is 250 g/mol. The summed E-state index contributed by atoms with van der Waals surface area (Å²) in [6.45, 7) is 0.553. The number of rotatable bonds is 4. The van der Waals surface area contributed by atoms with Crippen LogP contribution in [0.1, 0.15) is 36.2 Å². The fourth-order valence-electron chi connectivity index (χ4n) is 2.33. The summed E-state index contributed by atoms with van der Waals surface area (Å²) in [4.78, 5) is 19.6. The topological polar surface area (TPSA) is 90.1 Å². The molecule has 6 nitrogen and oxygen atoms in total. The van der Waals surface area contributed by atoms with Crippen LogP contribution in [0.5, 0.6) is 0 Å². The van der Waals surface area contributed by atoms with E-state index in [4.69, 9.17) is 5.73 Å². The minimum absolute atomic E-state index is 0.108. The highest BCUT2D eigenvalue weighted by Crippen LogP contribution is 2.31. The molecule has 0 radical (unpaired) electrons. The van der Waals surface area contributed by atoms with Gasteiger partial charge in [-0.1, -0.05) is 12.8 Å². The zero-order valence-corrected chi connectivity index (χ0v) is 10.5. The van der Waals surface area contributed by atoms with Crippen LogP contribution in [0.2, 0.25) is 0 Å². The van der Waals surface area contributed by atoms with E-state index in [0.29, 0.717) is 12.4 Å². The maximum absolute atomic E-state index is 11.4. The standard InChI is InChI=1S/C12H18N4O2/c1-18-11(17)9-6-14-7-10(15-9)16-12(8-13)4-2-3-5-12/h6-7H,2-5,8,13H2,1H3,(H,15,16). The third-order valence-electron chi connectivity index (χ3n) is 3.37. The van der Waals surface area contributed by atoms with Crippen molar-refractivity contribution in [3.8, 4) is 0 Å². The number of nitrogens with two attached hydrogens (primary N) is 1. The Morgan fingerprint density at radius 2 is 2.22 bits per heavy atom. The molecule has 1 saturated carbocycles. The van der Waals surface area contributed by atoms with Gasteiger partial charge in [-0.15, -0.1) is 0 Å². The average Bonchev–Trinajstić information content (AvgIpc) is 2.87. The molecule has 3 N–H and O–H groups in total. The van der Waals surface area contributed by atoms with E-state index in [1.165, 1.54) is 13.3 Å². The largest absolute Gasteiger partial charge is 0.464 e. The van der Waals surface area contributed by atoms with Crippen molar-refractivity contribution in [1.29, 1.82) is 0 Å². The number of hydrogen-bond acceptors (Lipinski definition) is 6. The molecule has 0 unspecified atom stereocenters. The van der Waals surface area contributed by atoms with Gasteiger partial charge in [0.05, 0.1) is 25.0 Å². The van der Waals surface area contributed by atoms with Crippen LogP contribution >= 0.6 is 0 Å². The Labute approximate surface area is 106 Å². The molecule has 1 aromatic rings. The lowest BCUT2D eigenvalue weighted by Crippen LogP contribution is -2.43. The Morgan fingerprint density at radius 1 is 1.50 bits per heavy atom. The van der Waals surface area contributed by atoms with E-state index in [2.05, 4.69) is 20.0 Å². The van der Waals surface area contributed by atoms with Crippen LogP contribution in [0.4, 0.5) is 5.82 Å². The van der Waals surface area contributed by atoms with E-state index in [9.17, 15) is 4.79 Å². The van der Waals surface area contributed by atoms with Crippen molar-refractivity contribution in [2.24, 2.45) is 5.73 Å². The first-order chi connectivity index (χ1) is 8.69. The third kappa shape index (κ3) is 2.59. The summed E-state index contributed by atoms with van der Waals surface area (Å²) in [7, 11) is 1.32. The lowest BCUT2D eigenvalue weighted by atomic mass is 9.98. The smallest absolute Gasteiger partial charge is 0.358 e. The molecule has 0 saturated heterocycles. The molecule has 1 aliphatic rings. The Balaban J connectivity index is 2.16. The van der Waals surface area contributed by atoms with Gasteiger partial charge in [0.15, 0.2) is 5.69 Å². The second-order valence-electron chi connectivity index (χ2n) is 4.60. The van der Waals surface area contributed by atoms with Crippen LogP contribution in [0.15, 0.2) is 12.4 Å². The number of aromatic nitrogens is 2. The van der Waals surface area contributed by atoms with Gasteiger partial charge in [-0.05, 0) is 12.8 Å². The van der Waals surface area contributed by atoms with Crippen LogP contribution in [0, 0.1) is 0 Å². The van der Waals surface area contributed by atoms with Crippen LogP contribution < -0.4 is 11.1 Å². The Kier molecular flexibility index (Phi) is 3.76. The quantitative estimate of drug-likeness (QED) is 0.773. The molecule has 1 aromatic heterocycles. The van der Waals surface area contributed by atoms with E-state index in [-0.39, 0.29) is 11.2 Å². The summed E-state index contributed by atoms with van der Waals surface area (Å²) in [5, 5.41) is 3.32. The number of ether oxygens (including phenoxy) is 1. The van der Waals surface area contributed by atoms with Crippen molar-refractivity contribution in [1.82, 2.24) is 9.97 Å². The van der Waals surface area contributed by atoms with Crippen molar-refractivity contribution < 1.29 is 9.53 Å². The second kappa shape index (κ2) is 5.30. The molecule has 18 heavy (non-hydrogen) atoms. The van der Waals surface area contributed by atoms with Gasteiger partial charge in [0.2, 0.25) is 0 Å². The molecule has 0 aliphatic heterocycles. The number of carbonyl (C=O) groups excluding carboxylic acids is 1. The van der Waals surface area contributed by atoms with Gasteiger partial charge in [-0.2, -0.15) is 0 Å². The van der Waals surface area contributed by atoms with Crippen molar-refractivity contribution in [3.05, 3.63) is 18.1 Å². The first-order valence-corrected chi connectivity index (χ1v) is 6.08. The number of methoxy groups -OCH3 is 1. The van der Waals surface area contributed by atoms with E-state index < -0.39 is 5.97 Å². The molecule has 0 amide bonds. The van der Waals surface area contributed by atoms with Crippen molar-refractivity contribution in [2.45, 2.75) is 31.2 Å². The molecule has 0 aromatic carbocycles. The molecule has 98 valence electrons. The second-order valence-corrected chi connectivity index (χ2v) is 4.60. The molecular formula is C12H18N4O2. The van der Waals surface area contributed by atoms with Gasteiger partial charge in [0.25, 0.3) is 0 Å². The lowest BCUT2D eigenvalue weighted by molar-refractivity contribution is 0.0593. The fourth-order valence-corrected chi connectivity index (χ4v) is 2.33. The number of hydrogen-bond donors (Lipinski definition) is 2. The highest BCUT2D eigenvalue weighted by molar-refractivity contribution is 5.87. The summed E-state index contributed by atoms with van der Waals surface area (Å²) in [6, 6.07) is 0. The number of nitrogens with zero attached hydrogens (tertiary/aromatic N) is 2. The van der Waals surface area contributed by atoms with Gasteiger partial charge in [0, 0.05) is 6.54 Å². The Morgan fingerprint density at radius 3 is 2.83 bits per heavy atom. The molecular weight excluding hydrogens is 232 g/mol. The highest BCUT2D eigenvalue weighted by atomic mass is 16.5. The SMILES string of the molecule is COC(=O)c1cncc(NC2(CN)CCCC2)n1. The molecule has 1 fully saturated rings. The van der Waals surface area contributed by atoms with E-state index in [0.717, 1.165) is 25.7 Å². The first kappa shape index (κ1) is 12.8. The maximum Gasteiger partial charge on any atom is 0.358 e. The third-order valence-corrected chi connectivity index (χ3v) is 3.37. The lowest BCUT2D eigenvalue weighted by Gasteiger charge is -2.29. The number of esters is 1. The van der Waals surface area contributed by atoms with Crippen LogP contribution in [0.25, 0.3) is 0 Å². The van der Waals surface area contributed by atoms with Crippen molar-refractivity contribution in [3.63, 3.8) is 0 Å². The summed E-state index contributed by atoms with van der Waals surface area (Å²) in [5.41, 5.74) is 5.93. The molecule has 2 rings (SSSR count). The van der Waals surface area contributed by atoms with E-state index in [1.807, 2.05) is 0 Å². The summed E-state index contributed by atoms with van der Waals surface area (Å²) >= 11 is 0. The van der Waals surface area contributed by atoms with Crippen molar-refractivity contribution >= 4 is 11.8 Å². The van der Waals surface area contributed by atoms with Gasteiger partial charge >= 0.3 is 5.97 Å². The molecule has 1 heterocycles. The van der Waals surface area contributed by atoms with Crippen LogP contribution in [-0.2, 0) is 4.74 Å². The molecule has 0 spiro atoms. The zero-order valence-electron chi connectivity index (χ0n) is 10.5. The van der Waals surface area contributed by atoms with Crippen molar-refractivity contribution in [2.75, 3.05) is 19.0 Å². The van der Waals surface area contributed by atoms with Crippen LogP contribution in [0.3, 0.4) is 0 Å². The number of nitrogens with one attached hydrogen (secondary N) is 1. The normalized spacial score (nSPS) is 17.4. The monoisotopic (exact) mass is 250 g/mol. The summed E-state index contributed by atoms with van der Waals surface area (Å²) < 4.78 is 4.62. The maximum atomic E-state index is 11.4.